The van der Waals surface area contributed by atoms with Gasteiger partial charge in [-0.25, -0.2) is 0 Å². The maximum Gasteiger partial charge on any atom is 0.257 e. The summed E-state index contributed by atoms with van der Waals surface area (Å²) in [7, 11) is 0. The van der Waals surface area contributed by atoms with Gasteiger partial charge in [0, 0.05) is 17.1 Å². The van der Waals surface area contributed by atoms with Crippen LogP contribution in [0.15, 0.2) is 96.4 Å². The molecule has 4 aromatic rings. The van der Waals surface area contributed by atoms with Crippen LogP contribution in [0.2, 0.25) is 0 Å². The van der Waals surface area contributed by atoms with Crippen LogP contribution in [0, 0.1) is 0 Å². The van der Waals surface area contributed by atoms with Crippen molar-refractivity contribution in [3.8, 4) is 0 Å². The number of amides is 2. The number of nitrogens with zero attached hydrogens (tertiary/aromatic N) is 1. The first-order valence-corrected chi connectivity index (χ1v) is 12.2. The zero-order chi connectivity index (χ0) is 23.3. The summed E-state index contributed by atoms with van der Waals surface area (Å²) in [5.74, 6) is -0.398. The van der Waals surface area contributed by atoms with E-state index in [-0.39, 0.29) is 24.4 Å². The van der Waals surface area contributed by atoms with Crippen molar-refractivity contribution >= 4 is 34.5 Å². The van der Waals surface area contributed by atoms with E-state index in [1.165, 1.54) is 16.0 Å². The SMILES string of the molecule is O=C(CN1CCc2sccc2C1c1ccccc1)Nc1ccccc1C(=O)Nc1ccccc1. The molecule has 0 fully saturated rings. The number of carbonyl (C=O) groups excluding carboxylic acids is 2. The summed E-state index contributed by atoms with van der Waals surface area (Å²) in [5.41, 5.74) is 4.10. The predicted octanol–water partition coefficient (Wildman–Crippen LogP) is 5.59. The highest BCUT2D eigenvalue weighted by Gasteiger charge is 2.30. The van der Waals surface area contributed by atoms with Crippen molar-refractivity contribution < 1.29 is 9.59 Å². The molecule has 5 nitrogen and oxygen atoms in total. The smallest absolute Gasteiger partial charge is 0.257 e. The molecule has 34 heavy (non-hydrogen) atoms. The summed E-state index contributed by atoms with van der Waals surface area (Å²) in [6, 6.07) is 28.9. The number of rotatable bonds is 6. The van der Waals surface area contributed by atoms with Crippen molar-refractivity contribution in [1.82, 2.24) is 4.90 Å². The van der Waals surface area contributed by atoms with Crippen molar-refractivity contribution in [3.05, 3.63) is 118 Å². The molecule has 1 aliphatic heterocycles. The number of carbonyl (C=O) groups is 2. The second kappa shape index (κ2) is 10.0. The van der Waals surface area contributed by atoms with Gasteiger partial charge in [-0.05, 0) is 53.3 Å². The van der Waals surface area contributed by atoms with Gasteiger partial charge < -0.3 is 10.6 Å². The van der Waals surface area contributed by atoms with Crippen LogP contribution >= 0.6 is 11.3 Å². The molecule has 1 aromatic heterocycles. The van der Waals surface area contributed by atoms with Crippen LogP contribution in [0.1, 0.15) is 32.4 Å². The first-order valence-electron chi connectivity index (χ1n) is 11.3. The van der Waals surface area contributed by atoms with Gasteiger partial charge in [-0.2, -0.15) is 0 Å². The topological polar surface area (TPSA) is 61.4 Å². The first-order chi connectivity index (χ1) is 16.7. The van der Waals surface area contributed by atoms with E-state index in [1.54, 1.807) is 29.5 Å². The fourth-order valence-corrected chi connectivity index (χ4v) is 5.35. The van der Waals surface area contributed by atoms with Crippen LogP contribution in [0.25, 0.3) is 0 Å². The van der Waals surface area contributed by atoms with Crippen LogP contribution in [0.5, 0.6) is 0 Å². The fourth-order valence-electron chi connectivity index (χ4n) is 4.45. The number of hydrogen-bond acceptors (Lipinski definition) is 4. The molecule has 2 N–H and O–H groups in total. The molecular formula is C28H25N3O2S. The van der Waals surface area contributed by atoms with Gasteiger partial charge in [0.2, 0.25) is 5.91 Å². The molecule has 5 rings (SSSR count). The van der Waals surface area contributed by atoms with Crippen molar-refractivity contribution in [3.63, 3.8) is 0 Å². The first kappa shape index (κ1) is 22.1. The minimum atomic E-state index is -0.259. The second-order valence-corrected chi connectivity index (χ2v) is 9.25. The van der Waals surface area contributed by atoms with Gasteiger partial charge in [0.05, 0.1) is 23.8 Å². The van der Waals surface area contributed by atoms with Crippen LogP contribution < -0.4 is 10.6 Å². The van der Waals surface area contributed by atoms with Crippen molar-refractivity contribution in [1.29, 1.82) is 0 Å². The monoisotopic (exact) mass is 467 g/mol. The lowest BCUT2D eigenvalue weighted by atomic mass is 9.93. The van der Waals surface area contributed by atoms with Crippen LogP contribution in [0.3, 0.4) is 0 Å². The van der Waals surface area contributed by atoms with E-state index in [2.05, 4.69) is 39.1 Å². The van der Waals surface area contributed by atoms with E-state index in [4.69, 9.17) is 0 Å². The maximum absolute atomic E-state index is 13.2. The molecular weight excluding hydrogens is 442 g/mol. The fraction of sp³-hybridized carbons (Fsp3) is 0.143. The lowest BCUT2D eigenvalue weighted by Gasteiger charge is -2.35. The Balaban J connectivity index is 1.33. The molecule has 1 unspecified atom stereocenters. The van der Waals surface area contributed by atoms with Gasteiger partial charge in [0.25, 0.3) is 5.91 Å². The Hall–Kier alpha value is -3.74. The highest BCUT2D eigenvalue weighted by Crippen LogP contribution is 2.37. The van der Waals surface area contributed by atoms with E-state index in [1.807, 2.05) is 54.6 Å². The van der Waals surface area contributed by atoms with E-state index >= 15 is 0 Å². The summed E-state index contributed by atoms with van der Waals surface area (Å²) < 4.78 is 0. The summed E-state index contributed by atoms with van der Waals surface area (Å²) >= 11 is 1.78. The van der Waals surface area contributed by atoms with E-state index in [0.29, 0.717) is 16.9 Å². The largest absolute Gasteiger partial charge is 0.324 e. The van der Waals surface area contributed by atoms with Gasteiger partial charge in [-0.3, -0.25) is 14.5 Å². The molecule has 170 valence electrons. The van der Waals surface area contributed by atoms with Crippen LogP contribution in [0.4, 0.5) is 11.4 Å². The average Bonchev–Trinajstić information content (AvgIpc) is 3.34. The molecule has 0 saturated heterocycles. The molecule has 2 amide bonds. The number of fused-ring (bicyclic) bond motifs is 1. The quantitative estimate of drug-likeness (QED) is 0.389. The third-order valence-corrected chi connectivity index (χ3v) is 7.00. The van der Waals surface area contributed by atoms with Crippen molar-refractivity contribution in [2.24, 2.45) is 0 Å². The molecule has 1 atom stereocenters. The normalized spacial score (nSPS) is 15.4. The lowest BCUT2D eigenvalue weighted by Crippen LogP contribution is -2.40. The number of anilines is 2. The number of benzene rings is 3. The number of hydrogen-bond donors (Lipinski definition) is 2. The number of nitrogens with one attached hydrogen (secondary N) is 2. The molecule has 0 aliphatic carbocycles. The highest BCUT2D eigenvalue weighted by molar-refractivity contribution is 7.10. The highest BCUT2D eigenvalue weighted by atomic mass is 32.1. The van der Waals surface area contributed by atoms with Gasteiger partial charge >= 0.3 is 0 Å². The molecule has 1 aliphatic rings. The molecule has 0 bridgehead atoms. The third kappa shape index (κ3) is 4.78. The molecule has 0 radical (unpaired) electrons. The van der Waals surface area contributed by atoms with E-state index in [9.17, 15) is 9.59 Å². The molecule has 6 heteroatoms. The molecule has 2 heterocycles. The second-order valence-electron chi connectivity index (χ2n) is 8.25. The van der Waals surface area contributed by atoms with Crippen LogP contribution in [-0.2, 0) is 11.2 Å². The minimum absolute atomic E-state index is 0.0403. The summed E-state index contributed by atoms with van der Waals surface area (Å²) in [6.07, 6.45) is 0.930. The maximum atomic E-state index is 13.2. The van der Waals surface area contributed by atoms with Gasteiger partial charge in [0.1, 0.15) is 0 Å². The Morgan fingerprint density at radius 2 is 1.56 bits per heavy atom. The summed E-state index contributed by atoms with van der Waals surface area (Å²) in [6.45, 7) is 1.04. The van der Waals surface area contributed by atoms with Crippen molar-refractivity contribution in [2.75, 3.05) is 23.7 Å². The molecule has 3 aromatic carbocycles. The Kier molecular flexibility index (Phi) is 6.51. The Morgan fingerprint density at radius 3 is 2.35 bits per heavy atom. The van der Waals surface area contributed by atoms with Gasteiger partial charge in [0.15, 0.2) is 0 Å². The zero-order valence-corrected chi connectivity index (χ0v) is 19.4. The van der Waals surface area contributed by atoms with E-state index < -0.39 is 0 Å². The standard InChI is InChI=1S/C28H25N3O2S/c32-26(30-24-14-8-7-13-22(24)28(33)29-21-11-5-2-6-12-21)19-31-17-15-25-23(16-18-34-25)27(31)20-9-3-1-4-10-20/h1-14,16,18,27H,15,17,19H2,(H,29,33)(H,30,32). The number of thiophene rings is 1. The lowest BCUT2D eigenvalue weighted by molar-refractivity contribution is -0.117. The van der Waals surface area contributed by atoms with Gasteiger partial charge in [-0.1, -0.05) is 60.7 Å². The Bertz CT molecular complexity index is 1290. The minimum Gasteiger partial charge on any atom is -0.324 e. The summed E-state index contributed by atoms with van der Waals surface area (Å²) in [4.78, 5) is 29.6. The Morgan fingerprint density at radius 1 is 0.853 bits per heavy atom. The van der Waals surface area contributed by atoms with E-state index in [0.717, 1.165) is 13.0 Å². The molecule has 0 saturated carbocycles. The average molecular weight is 468 g/mol. The van der Waals surface area contributed by atoms with Crippen LogP contribution in [-0.4, -0.2) is 29.8 Å². The molecule has 0 spiro atoms. The zero-order valence-electron chi connectivity index (χ0n) is 18.6. The predicted molar refractivity (Wildman–Crippen MR) is 137 cm³/mol. The Labute approximate surface area is 203 Å². The number of para-hydroxylation sites is 2. The van der Waals surface area contributed by atoms with Crippen molar-refractivity contribution in [2.45, 2.75) is 12.5 Å². The summed E-state index contributed by atoms with van der Waals surface area (Å²) in [5, 5.41) is 8.00. The van der Waals surface area contributed by atoms with Gasteiger partial charge in [-0.15, -0.1) is 11.3 Å². The third-order valence-electron chi connectivity index (χ3n) is 6.01.